The van der Waals surface area contributed by atoms with Crippen LogP contribution >= 0.6 is 39.1 Å². The van der Waals surface area contributed by atoms with Crippen molar-refractivity contribution in [1.82, 2.24) is 14.8 Å². The van der Waals surface area contributed by atoms with E-state index in [2.05, 4.69) is 53.8 Å². The van der Waals surface area contributed by atoms with Gasteiger partial charge in [-0.15, -0.1) is 0 Å². The molecule has 0 bridgehead atoms. The zero-order chi connectivity index (χ0) is 25.4. The Hall–Kier alpha value is -2.10. The molecule has 0 amide bonds. The van der Waals surface area contributed by atoms with Crippen LogP contribution in [-0.4, -0.2) is 33.1 Å². The number of hydrogen-bond donors (Lipinski definition) is 1. The Labute approximate surface area is 222 Å². The first-order valence-electron chi connectivity index (χ1n) is 11.0. The maximum Gasteiger partial charge on any atom is 0.494 e. The van der Waals surface area contributed by atoms with Crippen LogP contribution < -0.4 is 11.0 Å². The predicted molar refractivity (Wildman–Crippen MR) is 146 cm³/mol. The fraction of sp³-hybridized carbons (Fsp3) is 0.280. The third kappa shape index (κ3) is 5.84. The first-order chi connectivity index (χ1) is 16.4. The van der Waals surface area contributed by atoms with Crippen LogP contribution in [0.15, 0.2) is 70.2 Å². The molecule has 1 fully saturated rings. The number of pyridine rings is 1. The molecule has 35 heavy (non-hydrogen) atoms. The summed E-state index contributed by atoms with van der Waals surface area (Å²) in [6, 6.07) is 14.7. The highest BCUT2D eigenvalue weighted by atomic mass is 79.9. The van der Waals surface area contributed by atoms with Gasteiger partial charge >= 0.3 is 7.12 Å². The van der Waals surface area contributed by atoms with E-state index in [4.69, 9.17) is 32.5 Å². The molecule has 6 nitrogen and oxygen atoms in total. The van der Waals surface area contributed by atoms with E-state index in [1.54, 1.807) is 29.0 Å². The second-order valence-corrected chi connectivity index (χ2v) is 11.1. The minimum atomic E-state index is -0.317. The summed E-state index contributed by atoms with van der Waals surface area (Å²) in [4.78, 5) is 11.6. The Morgan fingerprint density at radius 2 is 1.71 bits per heavy atom. The molecule has 10 heteroatoms. The van der Waals surface area contributed by atoms with Crippen LogP contribution in [0.1, 0.15) is 33.3 Å². The summed E-state index contributed by atoms with van der Waals surface area (Å²) in [5, 5.41) is 9.08. The Bertz CT molecular complexity index is 1400. The Balaban J connectivity index is 0.000000165. The lowest BCUT2D eigenvalue weighted by Crippen LogP contribution is -2.41. The van der Waals surface area contributed by atoms with E-state index in [9.17, 15) is 4.79 Å². The molecule has 0 aliphatic carbocycles. The van der Waals surface area contributed by atoms with Crippen LogP contribution in [0.5, 0.6) is 0 Å². The van der Waals surface area contributed by atoms with Crippen molar-refractivity contribution in [1.29, 1.82) is 0 Å². The summed E-state index contributed by atoms with van der Waals surface area (Å²) in [6.45, 7) is 8.70. The second kappa shape index (κ2) is 10.1. The largest absolute Gasteiger partial charge is 0.494 e. The number of aromatic amines is 1. The minimum Gasteiger partial charge on any atom is -0.399 e. The van der Waals surface area contributed by atoms with Gasteiger partial charge in [0, 0.05) is 22.1 Å². The van der Waals surface area contributed by atoms with E-state index in [1.807, 2.05) is 30.5 Å². The first kappa shape index (κ1) is 26.0. The molecule has 5 rings (SSSR count). The summed E-state index contributed by atoms with van der Waals surface area (Å²) >= 11 is 15.1. The predicted octanol–water partition coefficient (Wildman–Crippen LogP) is 5.83. The van der Waals surface area contributed by atoms with E-state index < -0.39 is 0 Å². The standard InChI is InChI=1S/C13H17BN2O2.C12H8BrCl2NO/c1-12(2)13(3,4)18-14(17-12)10-6-5-9-8-15-16-11(9)7-10;13-9-2-4-12(17)16(7-9)6-8-1-3-10(14)11(15)5-8/h5-8H,1-4H3,(H,15,16);1-5,7H,6H2. The molecule has 1 N–H and O–H groups in total. The monoisotopic (exact) mass is 575 g/mol. The molecule has 2 aromatic heterocycles. The van der Waals surface area contributed by atoms with Crippen LogP contribution in [0.25, 0.3) is 10.9 Å². The normalized spacial score (nSPS) is 16.3. The molecule has 1 aliphatic heterocycles. The van der Waals surface area contributed by atoms with Crippen molar-refractivity contribution in [2.45, 2.75) is 45.4 Å². The topological polar surface area (TPSA) is 69.1 Å². The van der Waals surface area contributed by atoms with Crippen LogP contribution in [0.4, 0.5) is 0 Å². The quantitative estimate of drug-likeness (QED) is 0.312. The van der Waals surface area contributed by atoms with Crippen LogP contribution in [-0.2, 0) is 15.9 Å². The highest BCUT2D eigenvalue weighted by molar-refractivity contribution is 9.10. The Morgan fingerprint density at radius 1 is 1.00 bits per heavy atom. The minimum absolute atomic E-state index is 0.0562. The fourth-order valence-corrected chi connectivity index (χ4v) is 4.24. The van der Waals surface area contributed by atoms with Crippen molar-refractivity contribution in [3.05, 3.63) is 91.4 Å². The molecule has 0 spiro atoms. The maximum atomic E-state index is 11.6. The summed E-state index contributed by atoms with van der Waals surface area (Å²) in [5.74, 6) is 0. The summed E-state index contributed by atoms with van der Waals surface area (Å²) < 4.78 is 14.5. The van der Waals surface area contributed by atoms with E-state index in [1.165, 1.54) is 6.07 Å². The Kier molecular flexibility index (Phi) is 7.50. The summed E-state index contributed by atoms with van der Waals surface area (Å²) in [5.41, 5.74) is 2.28. The van der Waals surface area contributed by atoms with Gasteiger partial charge < -0.3 is 13.9 Å². The van der Waals surface area contributed by atoms with E-state index in [-0.39, 0.29) is 23.9 Å². The number of aromatic nitrogens is 3. The molecule has 4 aromatic rings. The van der Waals surface area contributed by atoms with Gasteiger partial charge in [0.1, 0.15) is 0 Å². The van der Waals surface area contributed by atoms with Crippen molar-refractivity contribution < 1.29 is 9.31 Å². The van der Waals surface area contributed by atoms with Gasteiger partial charge in [0.15, 0.2) is 0 Å². The average molecular weight is 577 g/mol. The number of nitrogens with one attached hydrogen (secondary N) is 1. The van der Waals surface area contributed by atoms with Gasteiger partial charge in [-0.25, -0.2) is 0 Å². The molecule has 3 heterocycles. The lowest BCUT2D eigenvalue weighted by atomic mass is 9.79. The van der Waals surface area contributed by atoms with E-state index in [0.717, 1.165) is 26.4 Å². The van der Waals surface area contributed by atoms with Crippen LogP contribution in [0.3, 0.4) is 0 Å². The van der Waals surface area contributed by atoms with Crippen LogP contribution in [0, 0.1) is 0 Å². The molecular weight excluding hydrogens is 552 g/mol. The average Bonchev–Trinajstić information content (AvgIpc) is 3.34. The van der Waals surface area contributed by atoms with Gasteiger partial charge in [-0.1, -0.05) is 41.4 Å². The number of halogens is 3. The van der Waals surface area contributed by atoms with Crippen LogP contribution in [0.2, 0.25) is 10.0 Å². The number of H-pyrrole nitrogens is 1. The van der Waals surface area contributed by atoms with Crippen molar-refractivity contribution >= 4 is 62.6 Å². The van der Waals surface area contributed by atoms with E-state index >= 15 is 0 Å². The first-order valence-corrected chi connectivity index (χ1v) is 12.6. The lowest BCUT2D eigenvalue weighted by molar-refractivity contribution is 0.00578. The molecule has 0 radical (unpaired) electrons. The van der Waals surface area contributed by atoms with E-state index in [0.29, 0.717) is 16.6 Å². The molecular formula is C25H25BBrCl2N3O3. The molecule has 182 valence electrons. The van der Waals surface area contributed by atoms with Crippen molar-refractivity contribution in [3.8, 4) is 0 Å². The van der Waals surface area contributed by atoms with Gasteiger partial charge in [-0.2, -0.15) is 5.10 Å². The molecule has 0 unspecified atom stereocenters. The molecule has 1 aliphatic rings. The third-order valence-corrected chi connectivity index (χ3v) is 7.48. The van der Waals surface area contributed by atoms with Gasteiger partial charge in [-0.3, -0.25) is 9.89 Å². The fourth-order valence-electron chi connectivity index (χ4n) is 3.54. The number of benzene rings is 2. The highest BCUT2D eigenvalue weighted by Gasteiger charge is 2.51. The van der Waals surface area contributed by atoms with Gasteiger partial charge in [0.2, 0.25) is 0 Å². The maximum absolute atomic E-state index is 11.6. The molecule has 0 atom stereocenters. The lowest BCUT2D eigenvalue weighted by Gasteiger charge is -2.32. The zero-order valence-electron chi connectivity index (χ0n) is 19.8. The SMILES string of the molecule is CC1(C)OB(c2ccc3cn[nH]c3c2)OC1(C)C.O=c1ccc(Br)cn1Cc1ccc(Cl)c(Cl)c1. The van der Waals surface area contributed by atoms with Gasteiger partial charge in [0.05, 0.1) is 39.5 Å². The van der Waals surface area contributed by atoms with Gasteiger partial charge in [0.25, 0.3) is 5.56 Å². The summed E-state index contributed by atoms with van der Waals surface area (Å²) in [7, 11) is -0.317. The molecule has 1 saturated heterocycles. The molecule has 2 aromatic carbocycles. The second-order valence-electron chi connectivity index (χ2n) is 9.37. The summed E-state index contributed by atoms with van der Waals surface area (Å²) in [6.07, 6.45) is 3.55. The van der Waals surface area contributed by atoms with Gasteiger partial charge in [-0.05, 0) is 78.9 Å². The number of nitrogens with zero attached hydrogens (tertiary/aromatic N) is 2. The van der Waals surface area contributed by atoms with Crippen molar-refractivity contribution in [2.75, 3.05) is 0 Å². The number of rotatable bonds is 3. The molecule has 0 saturated carbocycles. The number of hydrogen-bond acceptors (Lipinski definition) is 4. The van der Waals surface area contributed by atoms with Crippen molar-refractivity contribution in [3.63, 3.8) is 0 Å². The van der Waals surface area contributed by atoms with Crippen molar-refractivity contribution in [2.24, 2.45) is 0 Å². The zero-order valence-corrected chi connectivity index (χ0v) is 22.9. The highest BCUT2D eigenvalue weighted by Crippen LogP contribution is 2.36. The smallest absolute Gasteiger partial charge is 0.399 e. The Morgan fingerprint density at radius 3 is 2.40 bits per heavy atom. The number of fused-ring (bicyclic) bond motifs is 1. The third-order valence-electron chi connectivity index (χ3n) is 6.28.